The smallest absolute Gasteiger partial charge is 0.305 e. The third-order valence-corrected chi connectivity index (χ3v) is 2.57. The largest absolute Gasteiger partial charge is 0.469 e. The van der Waals surface area contributed by atoms with Crippen molar-refractivity contribution in [3.8, 4) is 0 Å². The van der Waals surface area contributed by atoms with Crippen molar-refractivity contribution in [2.45, 2.75) is 46.5 Å². The standard InChI is InChI=1S/C11H22O2/c1-5-9(2)8-10(3)6-7-11(12)13-4/h9-10H,5-8H2,1-4H3. The molecule has 0 saturated carbocycles. The molecule has 0 aromatic heterocycles. The molecule has 0 rings (SSSR count). The van der Waals surface area contributed by atoms with E-state index in [-0.39, 0.29) is 5.97 Å². The highest BCUT2D eigenvalue weighted by Gasteiger charge is 2.09. The summed E-state index contributed by atoms with van der Waals surface area (Å²) >= 11 is 0. The number of carbonyl (C=O) groups is 1. The average molecular weight is 186 g/mol. The number of methoxy groups -OCH3 is 1. The molecular weight excluding hydrogens is 164 g/mol. The van der Waals surface area contributed by atoms with Gasteiger partial charge in [0.05, 0.1) is 7.11 Å². The van der Waals surface area contributed by atoms with Crippen molar-refractivity contribution in [1.82, 2.24) is 0 Å². The molecule has 0 aromatic carbocycles. The van der Waals surface area contributed by atoms with E-state index in [4.69, 9.17) is 0 Å². The Kier molecular flexibility index (Phi) is 6.65. The second-order valence-corrected chi connectivity index (χ2v) is 3.97. The number of esters is 1. The number of rotatable bonds is 6. The van der Waals surface area contributed by atoms with Crippen LogP contribution in [0.2, 0.25) is 0 Å². The summed E-state index contributed by atoms with van der Waals surface area (Å²) in [7, 11) is 1.45. The van der Waals surface area contributed by atoms with Crippen LogP contribution in [0.15, 0.2) is 0 Å². The van der Waals surface area contributed by atoms with Crippen LogP contribution in [0.1, 0.15) is 46.5 Å². The molecule has 2 heteroatoms. The van der Waals surface area contributed by atoms with Gasteiger partial charge in [-0.2, -0.15) is 0 Å². The van der Waals surface area contributed by atoms with Crippen molar-refractivity contribution in [3.05, 3.63) is 0 Å². The van der Waals surface area contributed by atoms with Gasteiger partial charge in [0.2, 0.25) is 0 Å². The molecule has 0 heterocycles. The summed E-state index contributed by atoms with van der Waals surface area (Å²) < 4.78 is 4.59. The van der Waals surface area contributed by atoms with Crippen LogP contribution >= 0.6 is 0 Å². The van der Waals surface area contributed by atoms with Gasteiger partial charge in [0.15, 0.2) is 0 Å². The van der Waals surface area contributed by atoms with Crippen LogP contribution in [-0.4, -0.2) is 13.1 Å². The lowest BCUT2D eigenvalue weighted by Gasteiger charge is -2.14. The molecule has 0 amide bonds. The van der Waals surface area contributed by atoms with Crippen molar-refractivity contribution in [2.24, 2.45) is 11.8 Å². The van der Waals surface area contributed by atoms with Gasteiger partial charge in [0, 0.05) is 6.42 Å². The number of ether oxygens (including phenoxy) is 1. The molecule has 2 unspecified atom stereocenters. The summed E-state index contributed by atoms with van der Waals surface area (Å²) in [6.07, 6.45) is 3.96. The molecule has 13 heavy (non-hydrogen) atoms. The van der Waals surface area contributed by atoms with Crippen LogP contribution in [0, 0.1) is 11.8 Å². The fraction of sp³-hybridized carbons (Fsp3) is 0.909. The summed E-state index contributed by atoms with van der Waals surface area (Å²) in [4.78, 5) is 10.8. The highest BCUT2D eigenvalue weighted by molar-refractivity contribution is 5.69. The maximum absolute atomic E-state index is 10.8. The van der Waals surface area contributed by atoms with Gasteiger partial charge in [-0.3, -0.25) is 4.79 Å². The Balaban J connectivity index is 3.50. The summed E-state index contributed by atoms with van der Waals surface area (Å²) in [6, 6.07) is 0. The fourth-order valence-electron chi connectivity index (χ4n) is 1.44. The maximum Gasteiger partial charge on any atom is 0.305 e. The Bertz CT molecular complexity index is 143. The Morgan fingerprint density at radius 3 is 2.38 bits per heavy atom. The van der Waals surface area contributed by atoms with Crippen molar-refractivity contribution >= 4 is 5.97 Å². The monoisotopic (exact) mass is 186 g/mol. The highest BCUT2D eigenvalue weighted by Crippen LogP contribution is 2.18. The van der Waals surface area contributed by atoms with Crippen molar-refractivity contribution < 1.29 is 9.53 Å². The second kappa shape index (κ2) is 6.93. The van der Waals surface area contributed by atoms with Gasteiger partial charge in [-0.15, -0.1) is 0 Å². The van der Waals surface area contributed by atoms with E-state index in [0.29, 0.717) is 12.3 Å². The predicted octanol–water partition coefficient (Wildman–Crippen LogP) is 3.01. The second-order valence-electron chi connectivity index (χ2n) is 3.97. The number of hydrogen-bond acceptors (Lipinski definition) is 2. The lowest BCUT2D eigenvalue weighted by Crippen LogP contribution is -2.06. The molecule has 0 N–H and O–H groups in total. The summed E-state index contributed by atoms with van der Waals surface area (Å²) in [5, 5.41) is 0. The van der Waals surface area contributed by atoms with Gasteiger partial charge in [-0.05, 0) is 24.7 Å². The minimum absolute atomic E-state index is 0.0870. The zero-order valence-corrected chi connectivity index (χ0v) is 9.30. The molecule has 2 nitrogen and oxygen atoms in total. The molecule has 0 aliphatic carbocycles. The lowest BCUT2D eigenvalue weighted by molar-refractivity contribution is -0.140. The lowest BCUT2D eigenvalue weighted by atomic mass is 9.92. The maximum atomic E-state index is 10.8. The van der Waals surface area contributed by atoms with Crippen molar-refractivity contribution in [3.63, 3.8) is 0 Å². The van der Waals surface area contributed by atoms with Crippen LogP contribution in [-0.2, 0) is 9.53 Å². The first-order valence-corrected chi connectivity index (χ1v) is 5.16. The number of hydrogen-bond donors (Lipinski definition) is 0. The third kappa shape index (κ3) is 6.62. The molecule has 2 atom stereocenters. The van der Waals surface area contributed by atoms with Crippen LogP contribution in [0.5, 0.6) is 0 Å². The van der Waals surface area contributed by atoms with Gasteiger partial charge >= 0.3 is 5.97 Å². The van der Waals surface area contributed by atoms with E-state index in [0.717, 1.165) is 12.3 Å². The topological polar surface area (TPSA) is 26.3 Å². The van der Waals surface area contributed by atoms with E-state index in [1.807, 2.05) is 0 Å². The van der Waals surface area contributed by atoms with E-state index in [1.54, 1.807) is 0 Å². The van der Waals surface area contributed by atoms with Crippen LogP contribution in [0.25, 0.3) is 0 Å². The van der Waals surface area contributed by atoms with Crippen LogP contribution in [0.3, 0.4) is 0 Å². The van der Waals surface area contributed by atoms with Gasteiger partial charge in [-0.1, -0.05) is 27.2 Å². The zero-order chi connectivity index (χ0) is 10.3. The van der Waals surface area contributed by atoms with E-state index in [2.05, 4.69) is 25.5 Å². The highest BCUT2D eigenvalue weighted by atomic mass is 16.5. The number of carbonyl (C=O) groups excluding carboxylic acids is 1. The van der Waals surface area contributed by atoms with Crippen LogP contribution in [0.4, 0.5) is 0 Å². The summed E-state index contributed by atoms with van der Waals surface area (Å²) in [5.41, 5.74) is 0. The first-order valence-electron chi connectivity index (χ1n) is 5.16. The Labute approximate surface area is 81.7 Å². The first kappa shape index (κ1) is 12.5. The van der Waals surface area contributed by atoms with Crippen molar-refractivity contribution in [2.75, 3.05) is 7.11 Å². The van der Waals surface area contributed by atoms with Crippen molar-refractivity contribution in [1.29, 1.82) is 0 Å². The molecule has 0 saturated heterocycles. The molecule has 0 aliphatic heterocycles. The minimum Gasteiger partial charge on any atom is -0.469 e. The Morgan fingerprint density at radius 2 is 1.92 bits per heavy atom. The SMILES string of the molecule is CCC(C)CC(C)CCC(=O)OC. The molecule has 0 aromatic rings. The average Bonchev–Trinajstić information content (AvgIpc) is 2.13. The normalized spacial score (nSPS) is 15.1. The quantitative estimate of drug-likeness (QED) is 0.596. The molecule has 0 bridgehead atoms. The fourth-order valence-corrected chi connectivity index (χ4v) is 1.44. The summed E-state index contributed by atoms with van der Waals surface area (Å²) in [5.74, 6) is 1.32. The van der Waals surface area contributed by atoms with Crippen LogP contribution < -0.4 is 0 Å². The Hall–Kier alpha value is -0.530. The first-order chi connectivity index (χ1) is 6.10. The van der Waals surface area contributed by atoms with Gasteiger partial charge in [-0.25, -0.2) is 0 Å². The minimum atomic E-state index is -0.0870. The predicted molar refractivity (Wildman–Crippen MR) is 54.5 cm³/mol. The van der Waals surface area contributed by atoms with Gasteiger partial charge in [0.25, 0.3) is 0 Å². The zero-order valence-electron chi connectivity index (χ0n) is 9.30. The molecular formula is C11H22O2. The van der Waals surface area contributed by atoms with Gasteiger partial charge in [0.1, 0.15) is 0 Å². The van der Waals surface area contributed by atoms with E-state index in [1.165, 1.54) is 20.0 Å². The molecule has 0 fully saturated rings. The molecule has 0 spiro atoms. The third-order valence-electron chi connectivity index (χ3n) is 2.57. The molecule has 0 aliphatic rings. The molecule has 78 valence electrons. The summed E-state index contributed by atoms with van der Waals surface area (Å²) in [6.45, 7) is 6.67. The van der Waals surface area contributed by atoms with Gasteiger partial charge < -0.3 is 4.74 Å². The van der Waals surface area contributed by atoms with E-state index >= 15 is 0 Å². The van der Waals surface area contributed by atoms with E-state index in [9.17, 15) is 4.79 Å². The Morgan fingerprint density at radius 1 is 1.31 bits per heavy atom. The molecule has 0 radical (unpaired) electrons. The van der Waals surface area contributed by atoms with E-state index < -0.39 is 0 Å².